The van der Waals surface area contributed by atoms with Crippen molar-refractivity contribution in [3.05, 3.63) is 231 Å². The lowest BCUT2D eigenvalue weighted by Gasteiger charge is -2.46. The van der Waals surface area contributed by atoms with Gasteiger partial charge < -0.3 is 36.2 Å². The van der Waals surface area contributed by atoms with Gasteiger partial charge in [-0.3, -0.25) is 4.52 Å². The van der Waals surface area contributed by atoms with Gasteiger partial charge in [-0.2, -0.15) is 0 Å². The van der Waals surface area contributed by atoms with Crippen molar-refractivity contribution in [3.63, 3.8) is 0 Å². The Morgan fingerprint density at radius 3 is 0.333 bits per heavy atom. The molecule has 0 radical (unpaired) electrons. The van der Waals surface area contributed by atoms with Gasteiger partial charge in [0.25, 0.3) is 0 Å². The summed E-state index contributed by atoms with van der Waals surface area (Å²) in [5, 5.41) is 0. The van der Waals surface area contributed by atoms with E-state index in [1.165, 1.54) is 0 Å². The zero-order valence-corrected chi connectivity index (χ0v) is 103. The van der Waals surface area contributed by atoms with Crippen LogP contribution in [0.4, 0.5) is 0 Å². The Bertz CT molecular complexity index is 4750. The summed E-state index contributed by atoms with van der Waals surface area (Å²) >= 11 is 0. The van der Waals surface area contributed by atoms with Crippen LogP contribution in [0, 0.1) is 60.8 Å². The lowest BCUT2D eigenvalue weighted by Crippen LogP contribution is -2.52. The van der Waals surface area contributed by atoms with E-state index in [1.54, 1.807) is 0 Å². The quantitative estimate of drug-likeness (QED) is 0.0380. The predicted octanol–water partition coefficient (Wildman–Crippen LogP) is 39.5. The molecule has 0 aromatic heterocycles. The van der Waals surface area contributed by atoms with E-state index in [2.05, 4.69) is 499 Å². The first kappa shape index (κ1) is 120. The Labute approximate surface area is 865 Å². The highest BCUT2D eigenvalue weighted by molar-refractivity contribution is 7.44. The maximum atomic E-state index is 9.09. The molecule has 0 unspecified atom stereocenters. The van der Waals surface area contributed by atoms with Gasteiger partial charge in [0.1, 0.15) is 46.0 Å². The number of hydrogen-bond acceptors (Lipinski definition) is 12. The van der Waals surface area contributed by atoms with Crippen molar-refractivity contribution in [1.82, 2.24) is 0 Å². The van der Waals surface area contributed by atoms with Crippen molar-refractivity contribution in [1.29, 1.82) is 0 Å². The molecule has 0 heterocycles. The van der Waals surface area contributed by atoms with E-state index in [1.807, 2.05) is 0 Å². The molecule has 0 saturated carbocycles. The smallest absolute Gasteiger partial charge is 0.417 e. The van der Waals surface area contributed by atoms with Gasteiger partial charge in [0.15, 0.2) is 0 Å². The van der Waals surface area contributed by atoms with Gasteiger partial charge in [0.05, 0.1) is 12.0 Å². The summed E-state index contributed by atoms with van der Waals surface area (Å²) in [5.41, 5.74) is 13.4. The third-order valence-corrected chi connectivity index (χ3v) is 30.2. The van der Waals surface area contributed by atoms with Crippen LogP contribution in [0.3, 0.4) is 0 Å². The molecule has 0 aliphatic heterocycles. The van der Waals surface area contributed by atoms with Crippen molar-refractivity contribution < 1.29 is 54.3 Å². The van der Waals surface area contributed by atoms with Crippen molar-refractivity contribution in [2.24, 2.45) is 5.41 Å². The first-order valence-corrected chi connectivity index (χ1v) is 55.9. The highest BCUT2D eigenvalue weighted by Crippen LogP contribution is 2.68. The minimum atomic E-state index is -3.10. The summed E-state index contributed by atoms with van der Waals surface area (Å²) < 4.78 is 103. The maximum absolute atomic E-state index is 9.09. The van der Waals surface area contributed by atoms with Crippen molar-refractivity contribution in [2.75, 3.05) is 6.61 Å². The zero-order valence-electron chi connectivity index (χ0n) is 99.6. The van der Waals surface area contributed by atoms with Crippen LogP contribution in [-0.4, -0.2) is 12.6 Å². The van der Waals surface area contributed by atoms with Crippen molar-refractivity contribution >= 4 is 34.4 Å². The van der Waals surface area contributed by atoms with Crippen LogP contribution in [0.15, 0.2) is 97.1 Å². The minimum Gasteiger partial charge on any atom is -0.417 e. The van der Waals surface area contributed by atoms with Gasteiger partial charge in [-0.1, -0.05) is 474 Å². The highest BCUT2D eigenvalue weighted by atomic mass is 31.2. The molecule has 0 saturated heterocycles. The fourth-order valence-corrected chi connectivity index (χ4v) is 23.1. The molecule has 0 spiro atoms. The Kier molecular flexibility index (Phi) is 35.2. The predicted molar refractivity (Wildman–Crippen MR) is 607 cm³/mol. The van der Waals surface area contributed by atoms with Gasteiger partial charge in [-0.05, 0) is 156 Å². The fraction of sp³-hybridized carbons (Fsp3) is 0.616. The second kappa shape index (κ2) is 41.3. The summed E-state index contributed by atoms with van der Waals surface area (Å²) in [7, 11) is -12.0. The van der Waals surface area contributed by atoms with Crippen LogP contribution in [0.2, 0.25) is 0 Å². The largest absolute Gasteiger partial charge is 0.467 e. The standard InChI is InChI=1S/C125H192O12P4/c1-76-59-84(108(9,10)11)100(85(60-76)109(12,13)14)127-138(128-101-86(110(15,16)17)61-77(2)62-87(101)111(18,19)20)126-75-124(57,58)125(135-139(129-102-88(112(21,22)23)63-78(3)64-89(102)113(24,25)26)130-103-90(114(27,28)29)65-79(4)66-91(103)115(30,31)32,136-140(131-104-92(116(33,34)35)67-80(5)68-93(104)117(36,37)38)132-105-94(118(39,40)41)69-81(6)70-95(105)119(42,43)44)137-141(133-106-96(120(45,46)47)71-82(7)72-97(106)121(48,49)50)134-107-98(122(51,52)53)73-83(8)74-99(107)123(54,55)56/h59-74H,75H2,1-58H3. The first-order valence-electron chi connectivity index (χ1n) is 51.6. The summed E-state index contributed by atoms with van der Waals surface area (Å²) in [6, 6.07) is 36.1. The van der Waals surface area contributed by atoms with Crippen LogP contribution in [-0.2, 0) is 105 Å². The third-order valence-electron chi connectivity index (χ3n) is 26.1. The summed E-state index contributed by atoms with van der Waals surface area (Å²) in [5.74, 6) is 2.02. The van der Waals surface area contributed by atoms with Crippen LogP contribution >= 0.6 is 34.4 Å². The molecule has 16 heteroatoms. The molecule has 784 valence electrons. The van der Waals surface area contributed by atoms with Crippen molar-refractivity contribution in [2.45, 2.75) is 494 Å². The normalized spacial score (nSPS) is 14.0. The Morgan fingerprint density at radius 2 is 0.241 bits per heavy atom. The molecule has 0 atom stereocenters. The maximum Gasteiger partial charge on any atom is 0.467 e. The van der Waals surface area contributed by atoms with E-state index in [4.69, 9.17) is 54.3 Å². The SMILES string of the molecule is Cc1cc(C(C)(C)C)c(OP(OCC(C)(C)C(OP(Oc2c(C(C)(C)C)cc(C)cc2C(C)(C)C)Oc2c(C(C)(C)C)cc(C)cc2C(C)(C)C)(OP(Oc2c(C(C)(C)C)cc(C)cc2C(C)(C)C)Oc2c(C(C)(C)C)cc(C)cc2C(C)(C)C)OP(Oc2c(C(C)(C)C)cc(C)cc2C(C)(C)C)Oc2c(C(C)(C)C)cc(C)cc2C(C)(C)C)Oc2c(C(C)(C)C)cc(C)cc2C(C)(C)C)c(C(C)(C)C)c1. The van der Waals surface area contributed by atoms with Gasteiger partial charge in [-0.15, -0.1) is 0 Å². The minimum absolute atomic E-state index is 0.348. The van der Waals surface area contributed by atoms with E-state index in [0.29, 0.717) is 46.0 Å². The fourth-order valence-electron chi connectivity index (χ4n) is 17.7. The van der Waals surface area contributed by atoms with Gasteiger partial charge in [0, 0.05) is 89.0 Å². The molecule has 0 N–H and O–H groups in total. The Balaban J connectivity index is 1.85. The number of aryl methyl sites for hydroxylation is 8. The Hall–Kier alpha value is -6.28. The van der Waals surface area contributed by atoms with E-state index in [-0.39, 0.29) is 6.61 Å². The summed E-state index contributed by atoms with van der Waals surface area (Å²) in [6.07, 6.45) is 0. The molecule has 0 amide bonds. The van der Waals surface area contributed by atoms with Crippen LogP contribution in [0.25, 0.3) is 0 Å². The zero-order chi connectivity index (χ0) is 108. The topological polar surface area (TPSA) is 111 Å². The summed E-state index contributed by atoms with van der Waals surface area (Å²) in [4.78, 5) is 0. The Morgan fingerprint density at radius 1 is 0.149 bits per heavy atom. The molecule has 8 rings (SSSR count). The molecule has 0 aliphatic rings. The average Bonchev–Trinajstić information content (AvgIpc) is 0.736. The first-order chi connectivity index (χ1) is 63.0. The molecule has 141 heavy (non-hydrogen) atoms. The average molecular weight is 2010 g/mol. The number of hydrogen-bond donors (Lipinski definition) is 0. The lowest BCUT2D eigenvalue weighted by molar-refractivity contribution is -0.323. The van der Waals surface area contributed by atoms with E-state index in [0.717, 1.165) is 134 Å². The molecule has 0 fully saturated rings. The molecule has 0 aliphatic carbocycles. The molecule has 8 aromatic carbocycles. The monoisotopic (exact) mass is 2010 g/mol. The van der Waals surface area contributed by atoms with Gasteiger partial charge >= 0.3 is 40.4 Å². The summed E-state index contributed by atoms with van der Waals surface area (Å²) in [6.45, 7) is 129. The van der Waals surface area contributed by atoms with Gasteiger partial charge in [-0.25, -0.2) is 13.6 Å². The lowest BCUT2D eigenvalue weighted by atomic mass is 9.78. The van der Waals surface area contributed by atoms with Crippen LogP contribution in [0.5, 0.6) is 46.0 Å². The second-order valence-corrected chi connectivity index (χ2v) is 62.2. The molecular formula is C125H192O12P4. The molecule has 12 nitrogen and oxygen atoms in total. The van der Waals surface area contributed by atoms with E-state index >= 15 is 0 Å². The van der Waals surface area contributed by atoms with E-state index in [9.17, 15) is 0 Å². The number of benzene rings is 8. The number of rotatable bonds is 26. The van der Waals surface area contributed by atoms with Gasteiger partial charge in [0.2, 0.25) is 0 Å². The van der Waals surface area contributed by atoms with Crippen LogP contribution < -0.4 is 36.2 Å². The molecular weight excluding hydrogens is 1820 g/mol. The molecule has 8 aromatic rings. The highest BCUT2D eigenvalue weighted by Gasteiger charge is 2.62. The van der Waals surface area contributed by atoms with Crippen LogP contribution in [0.1, 0.15) is 480 Å². The molecule has 0 bridgehead atoms. The second-order valence-electron chi connectivity index (χ2n) is 58.1. The van der Waals surface area contributed by atoms with Crippen molar-refractivity contribution in [3.8, 4) is 46.0 Å². The third kappa shape index (κ3) is 29.7. The van der Waals surface area contributed by atoms with E-state index < -0.39 is 132 Å².